The number of aryl methyl sites for hydroxylation is 1. The second-order valence-corrected chi connectivity index (χ2v) is 8.45. The smallest absolute Gasteiger partial charge is 0.267 e. The van der Waals surface area contributed by atoms with Crippen molar-refractivity contribution < 1.29 is 14.3 Å². The highest BCUT2D eigenvalue weighted by Crippen LogP contribution is 2.35. The predicted octanol–water partition coefficient (Wildman–Crippen LogP) is 1.58. The highest BCUT2D eigenvalue weighted by atomic mass is 32.2. The van der Waals surface area contributed by atoms with Gasteiger partial charge < -0.3 is 14.4 Å². The molecule has 3 aliphatic rings. The van der Waals surface area contributed by atoms with Crippen LogP contribution >= 0.6 is 11.8 Å². The molecule has 0 spiro atoms. The zero-order valence-corrected chi connectivity index (χ0v) is 16.2. The molecule has 0 radical (unpaired) electrons. The molecule has 0 unspecified atom stereocenters. The maximum Gasteiger partial charge on any atom is 0.267 e. The Morgan fingerprint density at radius 1 is 1.25 bits per heavy atom. The molecule has 1 aromatic carbocycles. The number of rotatable bonds is 3. The van der Waals surface area contributed by atoms with E-state index in [4.69, 9.17) is 9.47 Å². The van der Waals surface area contributed by atoms with Crippen molar-refractivity contribution in [2.45, 2.75) is 18.7 Å². The molecule has 1 aromatic heterocycles. The summed E-state index contributed by atoms with van der Waals surface area (Å²) < 4.78 is 12.8. The highest BCUT2D eigenvalue weighted by molar-refractivity contribution is 7.98. The van der Waals surface area contributed by atoms with E-state index < -0.39 is 0 Å². The van der Waals surface area contributed by atoms with Crippen molar-refractivity contribution in [1.82, 2.24) is 14.7 Å². The molecule has 3 aliphatic heterocycles. The summed E-state index contributed by atoms with van der Waals surface area (Å²) >= 11 is 1.84. The van der Waals surface area contributed by atoms with Gasteiger partial charge in [-0.15, -0.1) is 0 Å². The van der Waals surface area contributed by atoms with Crippen molar-refractivity contribution in [2.75, 3.05) is 32.1 Å². The topological polar surface area (TPSA) is 73.7 Å². The summed E-state index contributed by atoms with van der Waals surface area (Å²) in [4.78, 5) is 27.0. The van der Waals surface area contributed by atoms with Crippen LogP contribution in [-0.2, 0) is 18.7 Å². The molecule has 2 aromatic rings. The Morgan fingerprint density at radius 3 is 3.00 bits per heavy atom. The van der Waals surface area contributed by atoms with E-state index in [1.54, 1.807) is 21.7 Å². The molecule has 146 valence electrons. The molecule has 0 saturated carbocycles. The number of carbonyl (C=O) groups is 1. The van der Waals surface area contributed by atoms with E-state index in [2.05, 4.69) is 5.10 Å². The van der Waals surface area contributed by atoms with Gasteiger partial charge in [0.05, 0.1) is 17.8 Å². The Labute approximate surface area is 166 Å². The quantitative estimate of drug-likeness (QED) is 0.780. The molecule has 1 fully saturated rings. The number of hydrogen-bond acceptors (Lipinski definition) is 6. The largest absolute Gasteiger partial charge is 0.486 e. The average Bonchev–Trinajstić information content (AvgIpc) is 2.69. The van der Waals surface area contributed by atoms with Crippen LogP contribution in [0.4, 0.5) is 0 Å². The summed E-state index contributed by atoms with van der Waals surface area (Å²) in [7, 11) is 0. The summed E-state index contributed by atoms with van der Waals surface area (Å²) in [6, 6.07) is 7.13. The highest BCUT2D eigenvalue weighted by Gasteiger charge is 2.34. The Kier molecular flexibility index (Phi) is 4.50. The van der Waals surface area contributed by atoms with Gasteiger partial charge in [-0.05, 0) is 23.4 Å². The number of aromatic nitrogens is 2. The number of para-hydroxylation sites is 1. The number of hydrogen-bond donors (Lipinski definition) is 0. The molecule has 1 saturated heterocycles. The summed E-state index contributed by atoms with van der Waals surface area (Å²) in [6.07, 6.45) is 0.913. The third-order valence-electron chi connectivity index (χ3n) is 5.38. The van der Waals surface area contributed by atoms with Gasteiger partial charge in [-0.25, -0.2) is 4.68 Å². The number of ether oxygens (including phenoxy) is 2. The Hall–Kier alpha value is -2.48. The fraction of sp³-hybridized carbons (Fsp3) is 0.450. The van der Waals surface area contributed by atoms with Crippen LogP contribution in [0.1, 0.15) is 21.6 Å². The molecule has 28 heavy (non-hydrogen) atoms. The van der Waals surface area contributed by atoms with Gasteiger partial charge in [0.2, 0.25) is 0 Å². The van der Waals surface area contributed by atoms with Crippen LogP contribution in [0, 0.1) is 5.92 Å². The summed E-state index contributed by atoms with van der Waals surface area (Å²) in [6.45, 7) is 2.73. The first kappa shape index (κ1) is 17.6. The van der Waals surface area contributed by atoms with E-state index >= 15 is 0 Å². The normalized spacial score (nSPS) is 18.4. The van der Waals surface area contributed by atoms with Gasteiger partial charge in [-0.3, -0.25) is 9.59 Å². The molecule has 1 amide bonds. The molecule has 7 nitrogen and oxygen atoms in total. The number of amides is 1. The molecule has 5 rings (SSSR count). The molecule has 0 N–H and O–H groups in total. The number of benzene rings is 1. The van der Waals surface area contributed by atoms with Crippen LogP contribution in [0.5, 0.6) is 11.5 Å². The fourth-order valence-corrected chi connectivity index (χ4v) is 4.84. The summed E-state index contributed by atoms with van der Waals surface area (Å²) in [5.41, 5.74) is 2.60. The zero-order chi connectivity index (χ0) is 19.1. The van der Waals surface area contributed by atoms with Gasteiger partial charge in [0.25, 0.3) is 11.5 Å². The van der Waals surface area contributed by atoms with Gasteiger partial charge >= 0.3 is 0 Å². The minimum absolute atomic E-state index is 0.0475. The monoisotopic (exact) mass is 399 g/mol. The maximum atomic E-state index is 12.9. The Balaban J connectivity index is 1.26. The number of nitrogens with zero attached hydrogens (tertiary/aromatic N) is 3. The van der Waals surface area contributed by atoms with Gasteiger partial charge in [0.1, 0.15) is 13.2 Å². The molecule has 0 bridgehead atoms. The maximum absolute atomic E-state index is 12.9. The van der Waals surface area contributed by atoms with E-state index in [-0.39, 0.29) is 17.4 Å². The first-order chi connectivity index (χ1) is 13.7. The number of fused-ring (bicyclic) bond motifs is 2. The summed E-state index contributed by atoms with van der Waals surface area (Å²) in [5.74, 6) is 3.27. The van der Waals surface area contributed by atoms with Crippen LogP contribution in [-0.4, -0.2) is 52.6 Å². The standard InChI is InChI=1S/C20H21N3O4S/c24-18-8-14-12-28-7-4-16(14)21-23(18)11-13-9-22(10-13)20(25)15-2-1-3-17-19(15)27-6-5-26-17/h1-3,8,13H,4-7,9-12H2. The number of likely N-dealkylation sites (tertiary alicyclic amines) is 1. The Bertz CT molecular complexity index is 984. The van der Waals surface area contributed by atoms with Crippen LogP contribution < -0.4 is 15.0 Å². The number of thioether (sulfide) groups is 1. The van der Waals surface area contributed by atoms with E-state index in [0.717, 1.165) is 29.2 Å². The second-order valence-electron chi connectivity index (χ2n) is 7.35. The van der Waals surface area contributed by atoms with Crippen molar-refractivity contribution >= 4 is 17.7 Å². The van der Waals surface area contributed by atoms with E-state index in [1.807, 2.05) is 23.9 Å². The van der Waals surface area contributed by atoms with Gasteiger partial charge in [-0.1, -0.05) is 6.07 Å². The average molecular weight is 399 g/mol. The lowest BCUT2D eigenvalue weighted by Gasteiger charge is -2.39. The number of carbonyl (C=O) groups excluding carboxylic acids is 1. The lowest BCUT2D eigenvalue weighted by atomic mass is 9.98. The van der Waals surface area contributed by atoms with Crippen LogP contribution in [0.3, 0.4) is 0 Å². The van der Waals surface area contributed by atoms with E-state index in [1.165, 1.54) is 0 Å². The van der Waals surface area contributed by atoms with E-state index in [9.17, 15) is 9.59 Å². The SMILES string of the molecule is O=C(c1cccc2c1OCCO2)N1CC(Cn2nc3c(cc2=O)CSCC3)C1. The molecule has 4 heterocycles. The van der Waals surface area contributed by atoms with Gasteiger partial charge in [0, 0.05) is 37.2 Å². The zero-order valence-electron chi connectivity index (χ0n) is 15.4. The lowest BCUT2D eigenvalue weighted by Crippen LogP contribution is -2.52. The lowest BCUT2D eigenvalue weighted by molar-refractivity contribution is 0.0450. The second kappa shape index (κ2) is 7.16. The summed E-state index contributed by atoms with van der Waals surface area (Å²) in [5, 5.41) is 4.57. The first-order valence-electron chi connectivity index (χ1n) is 9.54. The van der Waals surface area contributed by atoms with Crippen LogP contribution in [0.25, 0.3) is 0 Å². The van der Waals surface area contributed by atoms with Crippen molar-refractivity contribution in [2.24, 2.45) is 5.92 Å². The molecule has 0 aliphatic carbocycles. The molecular weight excluding hydrogens is 378 g/mol. The van der Waals surface area contributed by atoms with Crippen molar-refractivity contribution in [3.8, 4) is 11.5 Å². The van der Waals surface area contributed by atoms with Gasteiger partial charge in [-0.2, -0.15) is 16.9 Å². The third-order valence-corrected chi connectivity index (χ3v) is 6.39. The third kappa shape index (κ3) is 3.15. The van der Waals surface area contributed by atoms with Crippen LogP contribution in [0.2, 0.25) is 0 Å². The van der Waals surface area contributed by atoms with Crippen molar-refractivity contribution in [1.29, 1.82) is 0 Å². The van der Waals surface area contributed by atoms with E-state index in [0.29, 0.717) is 49.9 Å². The fourth-order valence-electron chi connectivity index (χ4n) is 3.89. The van der Waals surface area contributed by atoms with Gasteiger partial charge in [0.15, 0.2) is 11.5 Å². The van der Waals surface area contributed by atoms with Crippen LogP contribution in [0.15, 0.2) is 29.1 Å². The first-order valence-corrected chi connectivity index (χ1v) is 10.7. The van der Waals surface area contributed by atoms with Crippen molar-refractivity contribution in [3.63, 3.8) is 0 Å². The van der Waals surface area contributed by atoms with Crippen molar-refractivity contribution in [3.05, 3.63) is 51.4 Å². The molecule has 0 atom stereocenters. The molecular formula is C20H21N3O4S. The minimum Gasteiger partial charge on any atom is -0.486 e. The Morgan fingerprint density at radius 2 is 2.11 bits per heavy atom. The minimum atomic E-state index is -0.0543. The molecule has 8 heteroatoms. The predicted molar refractivity (Wildman–Crippen MR) is 105 cm³/mol.